The van der Waals surface area contributed by atoms with Gasteiger partial charge in [-0.25, -0.2) is 9.48 Å². The third kappa shape index (κ3) is 2.37. The molecular formula is C17H14N2O3. The summed E-state index contributed by atoms with van der Waals surface area (Å²) in [5.74, 6) is -0.706. The molecule has 5 nitrogen and oxygen atoms in total. The minimum absolute atomic E-state index is 0.193. The Bertz CT molecular complexity index is 885. The summed E-state index contributed by atoms with van der Waals surface area (Å²) in [5.41, 5.74) is 0.793. The predicted octanol–water partition coefficient (Wildman–Crippen LogP) is 2.56. The number of esters is 1. The van der Waals surface area contributed by atoms with Crippen LogP contribution in [0.4, 0.5) is 0 Å². The van der Waals surface area contributed by atoms with Crippen LogP contribution in [0.3, 0.4) is 0 Å². The molecule has 2 aromatic carbocycles. The Labute approximate surface area is 126 Å². The van der Waals surface area contributed by atoms with E-state index < -0.39 is 11.4 Å². The molecular weight excluding hydrogens is 280 g/mol. The summed E-state index contributed by atoms with van der Waals surface area (Å²) in [6.07, 6.45) is 0. The van der Waals surface area contributed by atoms with Crippen molar-refractivity contribution in [3.05, 3.63) is 70.5 Å². The van der Waals surface area contributed by atoms with Crippen molar-refractivity contribution in [3.8, 4) is 5.69 Å². The number of ether oxygens (including phenoxy) is 1. The van der Waals surface area contributed by atoms with Gasteiger partial charge in [-0.3, -0.25) is 4.79 Å². The molecule has 0 aliphatic heterocycles. The van der Waals surface area contributed by atoms with Gasteiger partial charge in [0.25, 0.3) is 0 Å². The highest BCUT2D eigenvalue weighted by molar-refractivity contribution is 5.92. The molecule has 0 atom stereocenters. The van der Waals surface area contributed by atoms with Gasteiger partial charge in [-0.1, -0.05) is 30.3 Å². The number of carbonyl (C=O) groups is 1. The van der Waals surface area contributed by atoms with Crippen molar-refractivity contribution in [2.45, 2.75) is 6.92 Å². The van der Waals surface area contributed by atoms with Crippen molar-refractivity contribution in [1.82, 2.24) is 9.78 Å². The van der Waals surface area contributed by atoms with Crippen molar-refractivity contribution in [3.63, 3.8) is 0 Å². The largest absolute Gasteiger partial charge is 0.461 e. The fourth-order valence-corrected chi connectivity index (χ4v) is 2.28. The standard InChI is InChI=1S/C17H14N2O3/c1-2-22-17(21)15-16(20)13-10-6-7-11-14(13)19(18-15)12-8-4-3-5-9-12/h3-11H,2H2,1H3. The maximum atomic E-state index is 12.5. The third-order valence-electron chi connectivity index (χ3n) is 3.26. The zero-order valence-corrected chi connectivity index (χ0v) is 12.0. The van der Waals surface area contributed by atoms with E-state index in [1.165, 1.54) is 0 Å². The van der Waals surface area contributed by atoms with Gasteiger partial charge in [0.05, 0.1) is 23.2 Å². The van der Waals surface area contributed by atoms with E-state index in [1.54, 1.807) is 29.8 Å². The van der Waals surface area contributed by atoms with E-state index in [1.807, 2.05) is 36.4 Å². The smallest absolute Gasteiger partial charge is 0.362 e. The predicted molar refractivity (Wildman–Crippen MR) is 83.3 cm³/mol. The lowest BCUT2D eigenvalue weighted by Crippen LogP contribution is -2.24. The first-order valence-corrected chi connectivity index (χ1v) is 6.97. The molecule has 3 rings (SSSR count). The molecule has 0 spiro atoms. The average Bonchev–Trinajstić information content (AvgIpc) is 2.56. The molecule has 5 heteroatoms. The SMILES string of the molecule is CCOC(=O)c1nn(-c2ccccc2)c2ccccc2c1=O. The van der Waals surface area contributed by atoms with Gasteiger partial charge in [0.1, 0.15) is 0 Å². The molecule has 0 fully saturated rings. The summed E-state index contributed by atoms with van der Waals surface area (Å²) in [7, 11) is 0. The van der Waals surface area contributed by atoms with Crippen LogP contribution in [0.25, 0.3) is 16.6 Å². The molecule has 0 radical (unpaired) electrons. The number of aromatic nitrogens is 2. The van der Waals surface area contributed by atoms with Gasteiger partial charge in [0.2, 0.25) is 11.1 Å². The number of nitrogens with zero attached hydrogens (tertiary/aromatic N) is 2. The first-order chi connectivity index (χ1) is 10.7. The van der Waals surface area contributed by atoms with Gasteiger partial charge >= 0.3 is 5.97 Å². The zero-order valence-electron chi connectivity index (χ0n) is 12.0. The molecule has 22 heavy (non-hydrogen) atoms. The maximum Gasteiger partial charge on any atom is 0.362 e. The molecule has 0 N–H and O–H groups in total. The molecule has 3 aromatic rings. The highest BCUT2D eigenvalue weighted by atomic mass is 16.5. The summed E-state index contributed by atoms with van der Waals surface area (Å²) in [6, 6.07) is 16.4. The highest BCUT2D eigenvalue weighted by Gasteiger charge is 2.18. The minimum Gasteiger partial charge on any atom is -0.461 e. The number of para-hydroxylation sites is 2. The second kappa shape index (κ2) is 5.81. The lowest BCUT2D eigenvalue weighted by Gasteiger charge is -2.11. The molecule has 1 aromatic heterocycles. The first kappa shape index (κ1) is 14.0. The summed E-state index contributed by atoms with van der Waals surface area (Å²) in [6.45, 7) is 1.88. The Balaban J connectivity index is 2.34. The fourth-order valence-electron chi connectivity index (χ4n) is 2.28. The van der Waals surface area contributed by atoms with E-state index in [9.17, 15) is 9.59 Å². The quantitative estimate of drug-likeness (QED) is 0.697. The highest BCUT2D eigenvalue weighted by Crippen LogP contribution is 2.15. The Kier molecular flexibility index (Phi) is 3.70. The second-order valence-electron chi connectivity index (χ2n) is 4.66. The van der Waals surface area contributed by atoms with Crippen molar-refractivity contribution >= 4 is 16.9 Å². The van der Waals surface area contributed by atoms with Crippen LogP contribution in [0, 0.1) is 0 Å². The topological polar surface area (TPSA) is 61.2 Å². The van der Waals surface area contributed by atoms with E-state index >= 15 is 0 Å². The molecule has 0 saturated carbocycles. The molecule has 1 heterocycles. The molecule has 0 aliphatic carbocycles. The van der Waals surface area contributed by atoms with E-state index in [0.717, 1.165) is 5.69 Å². The summed E-state index contributed by atoms with van der Waals surface area (Å²) in [4.78, 5) is 24.4. The van der Waals surface area contributed by atoms with Crippen LogP contribution in [0.5, 0.6) is 0 Å². The molecule has 0 aliphatic rings. The van der Waals surface area contributed by atoms with Crippen LogP contribution < -0.4 is 5.43 Å². The van der Waals surface area contributed by atoms with Gasteiger partial charge in [-0.05, 0) is 31.2 Å². The normalized spacial score (nSPS) is 10.6. The zero-order chi connectivity index (χ0) is 15.5. The Morgan fingerprint density at radius 2 is 1.77 bits per heavy atom. The van der Waals surface area contributed by atoms with Crippen LogP contribution in [-0.4, -0.2) is 22.4 Å². The lowest BCUT2D eigenvalue weighted by atomic mass is 10.2. The van der Waals surface area contributed by atoms with Crippen LogP contribution >= 0.6 is 0 Å². The van der Waals surface area contributed by atoms with Crippen LogP contribution in [0.1, 0.15) is 17.4 Å². The number of carbonyl (C=O) groups excluding carboxylic acids is 1. The van der Waals surface area contributed by atoms with Crippen molar-refractivity contribution < 1.29 is 9.53 Å². The average molecular weight is 294 g/mol. The van der Waals surface area contributed by atoms with Crippen molar-refractivity contribution in [2.75, 3.05) is 6.61 Å². The Morgan fingerprint density at radius 3 is 2.50 bits per heavy atom. The number of rotatable bonds is 3. The fraction of sp³-hybridized carbons (Fsp3) is 0.118. The monoisotopic (exact) mass is 294 g/mol. The van der Waals surface area contributed by atoms with Crippen LogP contribution in [0.15, 0.2) is 59.4 Å². The maximum absolute atomic E-state index is 12.5. The summed E-state index contributed by atoms with van der Waals surface area (Å²) < 4.78 is 6.52. The van der Waals surface area contributed by atoms with Crippen LogP contribution in [-0.2, 0) is 4.74 Å². The van der Waals surface area contributed by atoms with Gasteiger partial charge in [-0.2, -0.15) is 5.10 Å². The molecule has 0 amide bonds. The van der Waals surface area contributed by atoms with E-state index in [2.05, 4.69) is 5.10 Å². The van der Waals surface area contributed by atoms with Crippen LogP contribution in [0.2, 0.25) is 0 Å². The lowest BCUT2D eigenvalue weighted by molar-refractivity contribution is 0.0516. The van der Waals surface area contributed by atoms with E-state index in [4.69, 9.17) is 4.74 Å². The van der Waals surface area contributed by atoms with E-state index in [0.29, 0.717) is 10.9 Å². The van der Waals surface area contributed by atoms with Crippen molar-refractivity contribution in [1.29, 1.82) is 0 Å². The Hall–Kier alpha value is -2.95. The third-order valence-corrected chi connectivity index (χ3v) is 3.26. The summed E-state index contributed by atoms with van der Waals surface area (Å²) >= 11 is 0. The summed E-state index contributed by atoms with van der Waals surface area (Å²) in [5, 5.41) is 4.65. The van der Waals surface area contributed by atoms with Gasteiger partial charge in [0.15, 0.2) is 0 Å². The number of fused-ring (bicyclic) bond motifs is 1. The van der Waals surface area contributed by atoms with E-state index in [-0.39, 0.29) is 12.3 Å². The second-order valence-corrected chi connectivity index (χ2v) is 4.66. The van der Waals surface area contributed by atoms with Gasteiger partial charge in [0, 0.05) is 0 Å². The molecule has 0 unspecified atom stereocenters. The molecule has 0 saturated heterocycles. The first-order valence-electron chi connectivity index (χ1n) is 6.97. The number of hydrogen-bond acceptors (Lipinski definition) is 4. The number of benzene rings is 2. The van der Waals surface area contributed by atoms with Crippen molar-refractivity contribution in [2.24, 2.45) is 0 Å². The number of hydrogen-bond donors (Lipinski definition) is 0. The molecule has 0 bridgehead atoms. The Morgan fingerprint density at radius 1 is 1.09 bits per heavy atom. The van der Waals surface area contributed by atoms with Gasteiger partial charge < -0.3 is 4.74 Å². The minimum atomic E-state index is -0.706. The molecule has 110 valence electrons. The van der Waals surface area contributed by atoms with Gasteiger partial charge in [-0.15, -0.1) is 0 Å².